The lowest BCUT2D eigenvalue weighted by Gasteiger charge is -2.26. The maximum absolute atomic E-state index is 13.0. The van der Waals surface area contributed by atoms with E-state index < -0.39 is 22.1 Å². The maximum Gasteiger partial charge on any atom is 0.338 e. The Bertz CT molecular complexity index is 858. The molecule has 29 heavy (non-hydrogen) atoms. The highest BCUT2D eigenvalue weighted by Gasteiger charge is 2.29. The summed E-state index contributed by atoms with van der Waals surface area (Å²) in [6.07, 6.45) is 3.09. The van der Waals surface area contributed by atoms with Gasteiger partial charge in [-0.15, -0.1) is 0 Å². The lowest BCUT2D eigenvalue weighted by molar-refractivity contribution is -0.129. The topological polar surface area (TPSA) is 102 Å². The summed E-state index contributed by atoms with van der Waals surface area (Å²) >= 11 is 0. The van der Waals surface area contributed by atoms with E-state index in [0.717, 1.165) is 25.7 Å². The van der Waals surface area contributed by atoms with Crippen molar-refractivity contribution in [3.05, 3.63) is 29.3 Å². The van der Waals surface area contributed by atoms with Crippen LogP contribution in [0.5, 0.6) is 0 Å². The largest absolute Gasteiger partial charge is 0.449 e. The van der Waals surface area contributed by atoms with E-state index in [9.17, 15) is 18.0 Å². The quantitative estimate of drug-likeness (QED) is 0.697. The molecule has 8 nitrogen and oxygen atoms in total. The summed E-state index contributed by atoms with van der Waals surface area (Å²) in [6, 6.07) is 4.54. The van der Waals surface area contributed by atoms with E-state index >= 15 is 0 Å². The Balaban J connectivity index is 1.71. The SMILES string of the molecule is Cc1ccc(C(=O)O[C@@H](C)C(=O)NC2CCCC2)cc1S(=O)(=O)N1CCOCC1. The first kappa shape index (κ1) is 21.7. The number of hydrogen-bond acceptors (Lipinski definition) is 6. The Morgan fingerprint density at radius 3 is 2.52 bits per heavy atom. The van der Waals surface area contributed by atoms with E-state index in [2.05, 4.69) is 5.32 Å². The standard InChI is InChI=1S/C20H28N2O6S/c1-14-7-8-16(13-18(14)29(25,26)22-9-11-27-12-10-22)20(24)28-15(2)19(23)21-17-5-3-4-6-17/h7-8,13,15,17H,3-6,9-12H2,1-2H3,(H,21,23)/t15-/m0/s1. The highest BCUT2D eigenvalue weighted by atomic mass is 32.2. The van der Waals surface area contributed by atoms with Gasteiger partial charge in [0.1, 0.15) is 0 Å². The van der Waals surface area contributed by atoms with Gasteiger partial charge < -0.3 is 14.8 Å². The highest BCUT2D eigenvalue weighted by molar-refractivity contribution is 7.89. The first-order chi connectivity index (χ1) is 13.8. The van der Waals surface area contributed by atoms with Gasteiger partial charge in [0, 0.05) is 19.1 Å². The number of aryl methyl sites for hydroxylation is 1. The van der Waals surface area contributed by atoms with Crippen molar-refractivity contribution < 1.29 is 27.5 Å². The Morgan fingerprint density at radius 2 is 1.86 bits per heavy atom. The molecule has 1 N–H and O–H groups in total. The zero-order valence-corrected chi connectivity index (χ0v) is 17.7. The van der Waals surface area contributed by atoms with Gasteiger partial charge in [0.05, 0.1) is 23.7 Å². The molecule has 1 saturated heterocycles. The molecule has 1 aliphatic heterocycles. The van der Waals surface area contributed by atoms with E-state index in [1.165, 1.54) is 23.4 Å². The minimum atomic E-state index is -3.74. The minimum Gasteiger partial charge on any atom is -0.449 e. The van der Waals surface area contributed by atoms with Crippen LogP contribution in [0.15, 0.2) is 23.1 Å². The molecule has 0 bridgehead atoms. The minimum absolute atomic E-state index is 0.0666. The monoisotopic (exact) mass is 424 g/mol. The molecule has 0 spiro atoms. The number of carbonyl (C=O) groups is 2. The third kappa shape index (κ3) is 5.15. The van der Waals surface area contributed by atoms with Crippen LogP contribution in [-0.4, -0.2) is 63.0 Å². The molecule has 1 aromatic carbocycles. The molecule has 1 amide bonds. The van der Waals surface area contributed by atoms with Gasteiger partial charge >= 0.3 is 5.97 Å². The molecule has 1 saturated carbocycles. The van der Waals surface area contributed by atoms with Gasteiger partial charge in [-0.3, -0.25) is 4.79 Å². The van der Waals surface area contributed by atoms with Crippen molar-refractivity contribution in [3.63, 3.8) is 0 Å². The average molecular weight is 425 g/mol. The molecule has 3 rings (SSSR count). The fraction of sp³-hybridized carbons (Fsp3) is 0.600. The van der Waals surface area contributed by atoms with Crippen molar-refractivity contribution in [2.75, 3.05) is 26.3 Å². The van der Waals surface area contributed by atoms with Crippen LogP contribution in [0.4, 0.5) is 0 Å². The zero-order chi connectivity index (χ0) is 21.0. The Morgan fingerprint density at radius 1 is 1.21 bits per heavy atom. The van der Waals surface area contributed by atoms with Crippen LogP contribution in [0.25, 0.3) is 0 Å². The van der Waals surface area contributed by atoms with Crippen molar-refractivity contribution in [2.45, 2.75) is 56.6 Å². The predicted octanol–water partition coefficient (Wildman–Crippen LogP) is 1.62. The number of sulfonamides is 1. The van der Waals surface area contributed by atoms with E-state index in [0.29, 0.717) is 18.8 Å². The van der Waals surface area contributed by atoms with Gasteiger partial charge in [-0.1, -0.05) is 18.9 Å². The molecule has 1 heterocycles. The zero-order valence-electron chi connectivity index (χ0n) is 16.8. The van der Waals surface area contributed by atoms with E-state index in [1.54, 1.807) is 13.0 Å². The molecule has 1 aromatic rings. The molecule has 2 fully saturated rings. The number of ether oxygens (including phenoxy) is 2. The predicted molar refractivity (Wildman–Crippen MR) is 106 cm³/mol. The molecule has 1 atom stereocenters. The van der Waals surface area contributed by atoms with Crippen LogP contribution in [0, 0.1) is 6.92 Å². The lowest BCUT2D eigenvalue weighted by atomic mass is 10.1. The molecule has 1 aliphatic carbocycles. The third-order valence-corrected chi connectivity index (χ3v) is 7.41. The number of esters is 1. The number of morpholine rings is 1. The van der Waals surface area contributed by atoms with Crippen LogP contribution in [0.1, 0.15) is 48.5 Å². The number of hydrogen-bond donors (Lipinski definition) is 1. The van der Waals surface area contributed by atoms with Crippen molar-refractivity contribution in [1.82, 2.24) is 9.62 Å². The van der Waals surface area contributed by atoms with Crippen molar-refractivity contribution >= 4 is 21.9 Å². The number of rotatable bonds is 6. The van der Waals surface area contributed by atoms with E-state index in [1.807, 2.05) is 0 Å². The second kappa shape index (κ2) is 9.23. The number of benzene rings is 1. The van der Waals surface area contributed by atoms with Crippen LogP contribution in [-0.2, 0) is 24.3 Å². The molecule has 0 aromatic heterocycles. The van der Waals surface area contributed by atoms with Crippen LogP contribution in [0.3, 0.4) is 0 Å². The second-order valence-electron chi connectivity index (χ2n) is 7.53. The van der Waals surface area contributed by atoms with Gasteiger partial charge in [0.15, 0.2) is 6.10 Å². The van der Waals surface area contributed by atoms with Crippen molar-refractivity contribution in [3.8, 4) is 0 Å². The number of nitrogens with zero attached hydrogens (tertiary/aromatic N) is 1. The molecule has 0 radical (unpaired) electrons. The fourth-order valence-corrected chi connectivity index (χ4v) is 5.26. The summed E-state index contributed by atoms with van der Waals surface area (Å²) in [7, 11) is -3.74. The van der Waals surface area contributed by atoms with Gasteiger partial charge in [-0.2, -0.15) is 4.31 Å². The fourth-order valence-electron chi connectivity index (χ4n) is 3.60. The summed E-state index contributed by atoms with van der Waals surface area (Å²) in [6.45, 7) is 4.42. The maximum atomic E-state index is 13.0. The van der Waals surface area contributed by atoms with Gasteiger partial charge in [-0.25, -0.2) is 13.2 Å². The molecule has 9 heteroatoms. The second-order valence-corrected chi connectivity index (χ2v) is 9.44. The van der Waals surface area contributed by atoms with Crippen molar-refractivity contribution in [2.24, 2.45) is 0 Å². The molecular weight excluding hydrogens is 396 g/mol. The third-order valence-electron chi connectivity index (χ3n) is 5.37. The van der Waals surface area contributed by atoms with Crippen LogP contribution >= 0.6 is 0 Å². The molecule has 0 unspecified atom stereocenters. The van der Waals surface area contributed by atoms with Gasteiger partial charge in [-0.05, 0) is 44.4 Å². The van der Waals surface area contributed by atoms with Gasteiger partial charge in [0.2, 0.25) is 10.0 Å². The summed E-state index contributed by atoms with van der Waals surface area (Å²) in [5, 5.41) is 2.89. The Hall–Kier alpha value is -1.97. The van der Waals surface area contributed by atoms with E-state index in [4.69, 9.17) is 9.47 Å². The number of carbonyl (C=O) groups excluding carboxylic acids is 2. The Labute approximate surface area is 171 Å². The average Bonchev–Trinajstić information content (AvgIpc) is 3.21. The molecule has 160 valence electrons. The van der Waals surface area contributed by atoms with Crippen molar-refractivity contribution in [1.29, 1.82) is 0 Å². The molecular formula is C20H28N2O6S. The Kier molecular flexibility index (Phi) is 6.92. The first-order valence-corrected chi connectivity index (χ1v) is 11.4. The summed E-state index contributed by atoms with van der Waals surface area (Å²) in [5.41, 5.74) is 0.642. The van der Waals surface area contributed by atoms with Gasteiger partial charge in [0.25, 0.3) is 5.91 Å². The summed E-state index contributed by atoms with van der Waals surface area (Å²) in [5.74, 6) is -1.06. The summed E-state index contributed by atoms with van der Waals surface area (Å²) in [4.78, 5) is 24.8. The van der Waals surface area contributed by atoms with E-state index in [-0.39, 0.29) is 35.5 Å². The van der Waals surface area contributed by atoms with Crippen LogP contribution in [0.2, 0.25) is 0 Å². The first-order valence-electron chi connectivity index (χ1n) is 9.99. The lowest BCUT2D eigenvalue weighted by Crippen LogP contribution is -2.41. The normalized spacial score (nSPS) is 19.7. The summed E-state index contributed by atoms with van der Waals surface area (Å²) < 4.78 is 37.8. The highest BCUT2D eigenvalue weighted by Crippen LogP contribution is 2.23. The van der Waals surface area contributed by atoms with Crippen LogP contribution < -0.4 is 5.32 Å². The molecule has 2 aliphatic rings. The number of amides is 1. The number of nitrogens with one attached hydrogen (secondary N) is 1. The smallest absolute Gasteiger partial charge is 0.338 e.